The maximum atomic E-state index is 12.2. The predicted octanol–water partition coefficient (Wildman–Crippen LogP) is 2.24. The molecule has 2 amide bonds. The fraction of sp³-hybridized carbons (Fsp3) is 0.500. The Labute approximate surface area is 137 Å². The van der Waals surface area contributed by atoms with Crippen LogP contribution in [0, 0.1) is 5.92 Å². The average molecular weight is 326 g/mol. The predicted molar refractivity (Wildman–Crippen MR) is 90.1 cm³/mol. The number of carbonyl (C=O) groups is 2. The second-order valence-electron chi connectivity index (χ2n) is 5.58. The smallest absolute Gasteiger partial charge is 0.224 e. The Kier molecular flexibility index (Phi) is 7.35. The van der Waals surface area contributed by atoms with Gasteiger partial charge in [0.25, 0.3) is 0 Å². The third kappa shape index (κ3) is 5.31. The van der Waals surface area contributed by atoms with Gasteiger partial charge in [0.2, 0.25) is 11.8 Å². The number of carbonyl (C=O) groups excluding carboxylic acids is 2. The van der Waals surface area contributed by atoms with Crippen molar-refractivity contribution in [2.45, 2.75) is 32.7 Å². The molecule has 3 N–H and O–H groups in total. The van der Waals surface area contributed by atoms with Gasteiger partial charge in [0.15, 0.2) is 0 Å². The van der Waals surface area contributed by atoms with Crippen molar-refractivity contribution >= 4 is 29.9 Å². The van der Waals surface area contributed by atoms with Crippen LogP contribution in [0.4, 0.5) is 5.69 Å². The van der Waals surface area contributed by atoms with Crippen molar-refractivity contribution in [1.82, 2.24) is 10.6 Å². The Hall–Kier alpha value is -1.59. The lowest BCUT2D eigenvalue weighted by atomic mass is 9.98. The summed E-state index contributed by atoms with van der Waals surface area (Å²) in [7, 11) is 0. The lowest BCUT2D eigenvalue weighted by Gasteiger charge is -2.24. The van der Waals surface area contributed by atoms with E-state index in [4.69, 9.17) is 0 Å². The lowest BCUT2D eigenvalue weighted by Crippen LogP contribution is -2.41. The van der Waals surface area contributed by atoms with Crippen molar-refractivity contribution in [2.75, 3.05) is 18.4 Å². The Bertz CT molecular complexity index is 516. The number of hydrogen-bond donors (Lipinski definition) is 3. The van der Waals surface area contributed by atoms with Crippen LogP contribution >= 0.6 is 12.4 Å². The van der Waals surface area contributed by atoms with Gasteiger partial charge in [0.05, 0.1) is 12.0 Å². The summed E-state index contributed by atoms with van der Waals surface area (Å²) in [5.74, 6) is 0.0523. The van der Waals surface area contributed by atoms with Crippen molar-refractivity contribution in [1.29, 1.82) is 0 Å². The molecule has 22 heavy (non-hydrogen) atoms. The van der Waals surface area contributed by atoms with Gasteiger partial charge >= 0.3 is 0 Å². The van der Waals surface area contributed by atoms with Gasteiger partial charge in [-0.15, -0.1) is 12.4 Å². The largest absolute Gasteiger partial charge is 0.349 e. The van der Waals surface area contributed by atoms with Gasteiger partial charge < -0.3 is 16.0 Å². The summed E-state index contributed by atoms with van der Waals surface area (Å²) >= 11 is 0. The van der Waals surface area contributed by atoms with Crippen molar-refractivity contribution in [3.8, 4) is 0 Å². The SMILES string of the molecule is CC(=O)Nc1cccc(C(C)NC(=O)C2CCCNC2)c1.Cl. The van der Waals surface area contributed by atoms with Gasteiger partial charge in [-0.05, 0) is 44.0 Å². The van der Waals surface area contributed by atoms with E-state index < -0.39 is 0 Å². The summed E-state index contributed by atoms with van der Waals surface area (Å²) in [6.45, 7) is 5.19. The lowest BCUT2D eigenvalue weighted by molar-refractivity contribution is -0.126. The van der Waals surface area contributed by atoms with Crippen molar-refractivity contribution in [2.24, 2.45) is 5.92 Å². The molecule has 0 aromatic heterocycles. The summed E-state index contributed by atoms with van der Waals surface area (Å²) in [5.41, 5.74) is 1.74. The molecule has 1 aliphatic heterocycles. The Morgan fingerprint density at radius 3 is 2.77 bits per heavy atom. The molecule has 1 aliphatic rings. The quantitative estimate of drug-likeness (QED) is 0.795. The molecule has 1 aromatic carbocycles. The van der Waals surface area contributed by atoms with E-state index >= 15 is 0 Å². The number of anilines is 1. The monoisotopic (exact) mass is 325 g/mol. The van der Waals surface area contributed by atoms with Gasteiger partial charge in [-0.2, -0.15) is 0 Å². The summed E-state index contributed by atoms with van der Waals surface area (Å²) in [4.78, 5) is 23.3. The van der Waals surface area contributed by atoms with Crippen molar-refractivity contribution in [3.05, 3.63) is 29.8 Å². The molecule has 0 saturated carbocycles. The number of amides is 2. The van der Waals surface area contributed by atoms with Crippen LogP contribution in [-0.2, 0) is 9.59 Å². The van der Waals surface area contributed by atoms with Gasteiger partial charge in [-0.25, -0.2) is 0 Å². The summed E-state index contributed by atoms with van der Waals surface area (Å²) in [6.07, 6.45) is 1.99. The normalized spacial score (nSPS) is 18.7. The molecular formula is C16H24ClN3O2. The Balaban J connectivity index is 0.00000242. The highest BCUT2D eigenvalue weighted by molar-refractivity contribution is 5.88. The van der Waals surface area contributed by atoms with E-state index in [1.165, 1.54) is 6.92 Å². The molecule has 5 nitrogen and oxygen atoms in total. The summed E-state index contributed by atoms with van der Waals surface area (Å²) < 4.78 is 0. The van der Waals surface area contributed by atoms with Crippen LogP contribution in [0.25, 0.3) is 0 Å². The highest BCUT2D eigenvalue weighted by atomic mass is 35.5. The zero-order chi connectivity index (χ0) is 15.2. The van der Waals surface area contributed by atoms with E-state index in [-0.39, 0.29) is 36.2 Å². The third-order valence-electron chi connectivity index (χ3n) is 3.73. The minimum absolute atomic E-state index is 0. The van der Waals surface area contributed by atoms with Crippen LogP contribution < -0.4 is 16.0 Å². The molecule has 0 spiro atoms. The number of nitrogens with one attached hydrogen (secondary N) is 3. The third-order valence-corrected chi connectivity index (χ3v) is 3.73. The first-order valence-electron chi connectivity index (χ1n) is 7.45. The highest BCUT2D eigenvalue weighted by Gasteiger charge is 2.22. The second kappa shape index (κ2) is 8.76. The van der Waals surface area contributed by atoms with Crippen LogP contribution in [0.15, 0.2) is 24.3 Å². The first kappa shape index (κ1) is 18.5. The van der Waals surface area contributed by atoms with E-state index in [0.29, 0.717) is 0 Å². The molecular weight excluding hydrogens is 302 g/mol. The zero-order valence-corrected chi connectivity index (χ0v) is 13.8. The van der Waals surface area contributed by atoms with Crippen molar-refractivity contribution < 1.29 is 9.59 Å². The standard InChI is InChI=1S/C16H23N3O2.ClH/c1-11(18-16(21)14-6-4-8-17-10-14)13-5-3-7-15(9-13)19-12(2)20;/h3,5,7,9,11,14,17H,4,6,8,10H2,1-2H3,(H,18,21)(H,19,20);1H. The minimum Gasteiger partial charge on any atom is -0.349 e. The van der Waals surface area contributed by atoms with Gasteiger partial charge in [-0.3, -0.25) is 9.59 Å². The minimum atomic E-state index is -0.0999. The fourth-order valence-electron chi connectivity index (χ4n) is 2.58. The number of benzene rings is 1. The van der Waals surface area contributed by atoms with Crippen molar-refractivity contribution in [3.63, 3.8) is 0 Å². The zero-order valence-electron chi connectivity index (χ0n) is 13.0. The fourth-order valence-corrected chi connectivity index (χ4v) is 2.58. The topological polar surface area (TPSA) is 70.2 Å². The highest BCUT2D eigenvalue weighted by Crippen LogP contribution is 2.19. The van der Waals surface area contributed by atoms with Crippen LogP contribution in [-0.4, -0.2) is 24.9 Å². The molecule has 1 saturated heterocycles. The Morgan fingerprint density at radius 1 is 1.36 bits per heavy atom. The first-order chi connectivity index (χ1) is 10.1. The number of halogens is 1. The molecule has 0 radical (unpaired) electrons. The molecule has 1 aromatic rings. The number of piperidine rings is 1. The molecule has 6 heteroatoms. The molecule has 122 valence electrons. The van der Waals surface area contributed by atoms with Gasteiger partial charge in [-0.1, -0.05) is 12.1 Å². The molecule has 0 aliphatic carbocycles. The molecule has 1 heterocycles. The molecule has 1 fully saturated rings. The molecule has 0 bridgehead atoms. The van der Waals surface area contributed by atoms with Crippen LogP contribution in [0.3, 0.4) is 0 Å². The van der Waals surface area contributed by atoms with E-state index in [0.717, 1.165) is 37.2 Å². The maximum absolute atomic E-state index is 12.2. The van der Waals surface area contributed by atoms with E-state index in [2.05, 4.69) is 16.0 Å². The van der Waals surface area contributed by atoms with Gasteiger partial charge in [0.1, 0.15) is 0 Å². The van der Waals surface area contributed by atoms with Gasteiger partial charge in [0, 0.05) is 19.2 Å². The molecule has 2 unspecified atom stereocenters. The maximum Gasteiger partial charge on any atom is 0.224 e. The average Bonchev–Trinajstić information content (AvgIpc) is 2.47. The summed E-state index contributed by atoms with van der Waals surface area (Å²) in [5, 5.41) is 9.06. The Morgan fingerprint density at radius 2 is 2.14 bits per heavy atom. The van der Waals surface area contributed by atoms with Crippen LogP contribution in [0.5, 0.6) is 0 Å². The number of rotatable bonds is 4. The first-order valence-corrected chi connectivity index (χ1v) is 7.45. The molecule has 2 atom stereocenters. The molecule has 2 rings (SSSR count). The van der Waals surface area contributed by atoms with Crippen LogP contribution in [0.2, 0.25) is 0 Å². The van der Waals surface area contributed by atoms with E-state index in [9.17, 15) is 9.59 Å². The summed E-state index contributed by atoms with van der Waals surface area (Å²) in [6, 6.07) is 7.49. The second-order valence-corrected chi connectivity index (χ2v) is 5.58. The van der Waals surface area contributed by atoms with E-state index in [1.807, 2.05) is 31.2 Å². The van der Waals surface area contributed by atoms with Crippen LogP contribution in [0.1, 0.15) is 38.3 Å². The number of hydrogen-bond acceptors (Lipinski definition) is 3. The van der Waals surface area contributed by atoms with E-state index in [1.54, 1.807) is 0 Å².